The molecule has 0 spiro atoms. The maximum absolute atomic E-state index is 11.9. The molecule has 1 aliphatic rings. The molecule has 2 rings (SSSR count). The third-order valence-corrected chi connectivity index (χ3v) is 3.16. The van der Waals surface area contributed by atoms with E-state index in [4.69, 9.17) is 9.84 Å². The predicted molar refractivity (Wildman–Crippen MR) is 68.5 cm³/mol. The molecule has 6 heteroatoms. The molecule has 1 fully saturated rings. The molecule has 1 saturated heterocycles. The summed E-state index contributed by atoms with van der Waals surface area (Å²) >= 11 is 3.33. The van der Waals surface area contributed by atoms with E-state index in [1.807, 2.05) is 6.07 Å². The first kappa shape index (κ1) is 13.0. The SMILES string of the molecule is O=C(O)CC1COCC(=O)N1c1cccc(Br)c1. The lowest BCUT2D eigenvalue weighted by molar-refractivity contribution is -0.138. The maximum Gasteiger partial charge on any atom is 0.305 e. The second-order valence-electron chi connectivity index (χ2n) is 4.01. The molecule has 1 aromatic carbocycles. The topological polar surface area (TPSA) is 66.8 Å². The van der Waals surface area contributed by atoms with E-state index in [1.165, 1.54) is 4.90 Å². The summed E-state index contributed by atoms with van der Waals surface area (Å²) in [4.78, 5) is 24.2. The van der Waals surface area contributed by atoms with Crippen molar-refractivity contribution >= 4 is 33.5 Å². The zero-order chi connectivity index (χ0) is 13.1. The van der Waals surface area contributed by atoms with E-state index < -0.39 is 12.0 Å². The van der Waals surface area contributed by atoms with Crippen molar-refractivity contribution in [2.45, 2.75) is 12.5 Å². The van der Waals surface area contributed by atoms with Crippen molar-refractivity contribution in [3.8, 4) is 0 Å². The Labute approximate surface area is 112 Å². The number of amides is 1. The van der Waals surface area contributed by atoms with Crippen LogP contribution in [0.1, 0.15) is 6.42 Å². The van der Waals surface area contributed by atoms with Crippen molar-refractivity contribution in [1.29, 1.82) is 0 Å². The normalized spacial score (nSPS) is 19.9. The summed E-state index contributed by atoms with van der Waals surface area (Å²) in [6.45, 7) is 0.229. The van der Waals surface area contributed by atoms with Crippen molar-refractivity contribution in [1.82, 2.24) is 0 Å². The van der Waals surface area contributed by atoms with Gasteiger partial charge in [0.15, 0.2) is 0 Å². The first-order valence-corrected chi connectivity index (χ1v) is 6.24. The fraction of sp³-hybridized carbons (Fsp3) is 0.333. The predicted octanol–water partition coefficient (Wildman–Crippen LogP) is 1.66. The Bertz CT molecular complexity index is 477. The Morgan fingerprint density at radius 2 is 2.33 bits per heavy atom. The van der Waals surface area contributed by atoms with Crippen LogP contribution >= 0.6 is 15.9 Å². The lowest BCUT2D eigenvalue weighted by Crippen LogP contribution is -2.50. The molecule has 1 unspecified atom stereocenters. The molecular formula is C12H12BrNO4. The molecule has 1 aliphatic heterocycles. The molecule has 1 atom stereocenters. The van der Waals surface area contributed by atoms with E-state index in [9.17, 15) is 9.59 Å². The van der Waals surface area contributed by atoms with E-state index in [2.05, 4.69) is 15.9 Å². The van der Waals surface area contributed by atoms with Crippen molar-refractivity contribution in [2.24, 2.45) is 0 Å². The number of ether oxygens (including phenoxy) is 1. The molecule has 0 radical (unpaired) electrons. The molecule has 5 nitrogen and oxygen atoms in total. The Kier molecular flexibility index (Phi) is 3.98. The largest absolute Gasteiger partial charge is 0.481 e. The van der Waals surface area contributed by atoms with E-state index in [-0.39, 0.29) is 25.5 Å². The van der Waals surface area contributed by atoms with Crippen LogP contribution in [0.2, 0.25) is 0 Å². The van der Waals surface area contributed by atoms with Crippen molar-refractivity contribution in [3.05, 3.63) is 28.7 Å². The zero-order valence-electron chi connectivity index (χ0n) is 9.51. The second-order valence-corrected chi connectivity index (χ2v) is 4.93. The van der Waals surface area contributed by atoms with Crippen LogP contribution in [0.15, 0.2) is 28.7 Å². The fourth-order valence-corrected chi connectivity index (χ4v) is 2.35. The van der Waals surface area contributed by atoms with Crippen LogP contribution in [-0.2, 0) is 14.3 Å². The lowest BCUT2D eigenvalue weighted by Gasteiger charge is -2.34. The molecular weight excluding hydrogens is 302 g/mol. The second kappa shape index (κ2) is 5.49. The summed E-state index contributed by atoms with van der Waals surface area (Å²) in [5.74, 6) is -1.16. The summed E-state index contributed by atoms with van der Waals surface area (Å²) in [7, 11) is 0. The number of carbonyl (C=O) groups is 2. The van der Waals surface area contributed by atoms with Crippen LogP contribution in [0.25, 0.3) is 0 Å². The third-order valence-electron chi connectivity index (χ3n) is 2.67. The van der Waals surface area contributed by atoms with E-state index >= 15 is 0 Å². The fourth-order valence-electron chi connectivity index (χ4n) is 1.96. The minimum atomic E-state index is -0.946. The van der Waals surface area contributed by atoms with Gasteiger partial charge in [0.2, 0.25) is 0 Å². The Balaban J connectivity index is 2.29. The number of nitrogens with zero attached hydrogens (tertiary/aromatic N) is 1. The molecule has 96 valence electrons. The summed E-state index contributed by atoms with van der Waals surface area (Å²) < 4.78 is 5.95. The number of rotatable bonds is 3. The molecule has 0 aliphatic carbocycles. The number of hydrogen-bond acceptors (Lipinski definition) is 3. The average molecular weight is 314 g/mol. The standard InChI is InChI=1S/C12H12BrNO4/c13-8-2-1-3-9(4-8)14-10(5-12(16)17)6-18-7-11(14)15/h1-4,10H,5-7H2,(H,16,17). The number of morpholine rings is 1. The molecule has 1 amide bonds. The minimum absolute atomic E-state index is 0.0113. The Morgan fingerprint density at radius 3 is 3.00 bits per heavy atom. The summed E-state index contributed by atoms with van der Waals surface area (Å²) in [5.41, 5.74) is 0.684. The van der Waals surface area contributed by atoms with Crippen molar-refractivity contribution in [2.75, 3.05) is 18.1 Å². The number of hydrogen-bond donors (Lipinski definition) is 1. The number of carbonyl (C=O) groups excluding carboxylic acids is 1. The molecule has 0 saturated carbocycles. The summed E-state index contributed by atoms with van der Waals surface area (Å²) in [6, 6.07) is 6.76. The Morgan fingerprint density at radius 1 is 1.56 bits per heavy atom. The molecule has 1 aromatic rings. The number of anilines is 1. The molecule has 18 heavy (non-hydrogen) atoms. The van der Waals surface area contributed by atoms with Gasteiger partial charge >= 0.3 is 5.97 Å². The van der Waals surface area contributed by atoms with Gasteiger partial charge in [-0.05, 0) is 18.2 Å². The van der Waals surface area contributed by atoms with Gasteiger partial charge in [-0.3, -0.25) is 9.59 Å². The summed E-state index contributed by atoms with van der Waals surface area (Å²) in [6.07, 6.45) is -0.127. The van der Waals surface area contributed by atoms with Gasteiger partial charge < -0.3 is 14.7 Å². The average Bonchev–Trinajstić information content (AvgIpc) is 2.28. The smallest absolute Gasteiger partial charge is 0.305 e. The highest BCUT2D eigenvalue weighted by Gasteiger charge is 2.31. The molecule has 1 N–H and O–H groups in total. The van der Waals surface area contributed by atoms with Gasteiger partial charge in [0, 0.05) is 10.2 Å². The van der Waals surface area contributed by atoms with Crippen molar-refractivity contribution < 1.29 is 19.4 Å². The first-order chi connectivity index (χ1) is 8.58. The van der Waals surface area contributed by atoms with Crippen LogP contribution in [-0.4, -0.2) is 36.2 Å². The molecule has 0 bridgehead atoms. The lowest BCUT2D eigenvalue weighted by atomic mass is 10.1. The number of carboxylic acid groups (broad SMARTS) is 1. The molecule has 1 heterocycles. The quantitative estimate of drug-likeness (QED) is 0.921. The highest BCUT2D eigenvalue weighted by Crippen LogP contribution is 2.25. The number of benzene rings is 1. The van der Waals surface area contributed by atoms with Crippen molar-refractivity contribution in [3.63, 3.8) is 0 Å². The minimum Gasteiger partial charge on any atom is -0.481 e. The number of halogens is 1. The van der Waals surface area contributed by atoms with Gasteiger partial charge in [-0.2, -0.15) is 0 Å². The summed E-state index contributed by atoms with van der Waals surface area (Å²) in [5, 5.41) is 8.87. The van der Waals surface area contributed by atoms with Crippen LogP contribution in [0, 0.1) is 0 Å². The third kappa shape index (κ3) is 2.88. The van der Waals surface area contributed by atoms with Gasteiger partial charge in [0.1, 0.15) is 6.61 Å². The maximum atomic E-state index is 11.9. The number of aliphatic carboxylic acids is 1. The van der Waals surface area contributed by atoms with Gasteiger partial charge in [-0.1, -0.05) is 22.0 Å². The van der Waals surface area contributed by atoms with Gasteiger partial charge in [0.25, 0.3) is 5.91 Å². The zero-order valence-corrected chi connectivity index (χ0v) is 11.1. The highest BCUT2D eigenvalue weighted by atomic mass is 79.9. The van der Waals surface area contributed by atoms with Crippen LogP contribution < -0.4 is 4.90 Å². The van der Waals surface area contributed by atoms with E-state index in [1.54, 1.807) is 18.2 Å². The van der Waals surface area contributed by atoms with Crippen LogP contribution in [0.3, 0.4) is 0 Å². The van der Waals surface area contributed by atoms with Crippen LogP contribution in [0.5, 0.6) is 0 Å². The molecule has 0 aromatic heterocycles. The van der Waals surface area contributed by atoms with Gasteiger partial charge in [-0.15, -0.1) is 0 Å². The number of carboxylic acids is 1. The first-order valence-electron chi connectivity index (χ1n) is 5.45. The van der Waals surface area contributed by atoms with Gasteiger partial charge in [0.05, 0.1) is 19.1 Å². The van der Waals surface area contributed by atoms with E-state index in [0.717, 1.165) is 4.47 Å². The highest BCUT2D eigenvalue weighted by molar-refractivity contribution is 9.10. The van der Waals surface area contributed by atoms with Gasteiger partial charge in [-0.25, -0.2) is 0 Å². The Hall–Kier alpha value is -1.40. The van der Waals surface area contributed by atoms with Crippen LogP contribution in [0.4, 0.5) is 5.69 Å². The van der Waals surface area contributed by atoms with E-state index in [0.29, 0.717) is 5.69 Å². The monoisotopic (exact) mass is 313 g/mol.